The molecule has 4 rings (SSSR count). The van der Waals surface area contributed by atoms with Crippen molar-refractivity contribution in [2.24, 2.45) is 0 Å². The maximum absolute atomic E-state index is 13.8. The number of H-pyrrole nitrogens is 1. The third-order valence-electron chi connectivity index (χ3n) is 5.71. The van der Waals surface area contributed by atoms with Crippen LogP contribution in [0.2, 0.25) is 0 Å². The lowest BCUT2D eigenvalue weighted by Gasteiger charge is -2.24. The van der Waals surface area contributed by atoms with Gasteiger partial charge in [-0.3, -0.25) is 9.59 Å². The molecular weight excluding hydrogens is 479 g/mol. The number of halogens is 3. The predicted octanol–water partition coefficient (Wildman–Crippen LogP) is 3.76. The maximum atomic E-state index is 13.8. The van der Waals surface area contributed by atoms with E-state index in [1.165, 1.54) is 24.0 Å². The summed E-state index contributed by atoms with van der Waals surface area (Å²) in [5, 5.41) is 6.24. The number of fused-ring (bicyclic) bond motifs is 1. The molecule has 36 heavy (non-hydrogen) atoms. The number of benzene rings is 1. The van der Waals surface area contributed by atoms with Crippen molar-refractivity contribution in [3.8, 4) is 11.1 Å². The number of rotatable bonds is 3. The van der Waals surface area contributed by atoms with Crippen LogP contribution in [0.3, 0.4) is 0 Å². The molecular formula is C24H26F3N5O4. The molecule has 2 amide bonds. The molecule has 1 aliphatic heterocycles. The predicted molar refractivity (Wildman–Crippen MR) is 125 cm³/mol. The molecule has 1 saturated heterocycles. The molecule has 1 aliphatic rings. The normalized spacial score (nSPS) is 16.4. The van der Waals surface area contributed by atoms with Crippen molar-refractivity contribution < 1.29 is 27.5 Å². The quantitative estimate of drug-likeness (QED) is 0.564. The van der Waals surface area contributed by atoms with E-state index in [1.54, 1.807) is 39.0 Å². The van der Waals surface area contributed by atoms with Gasteiger partial charge in [-0.2, -0.15) is 22.8 Å². The van der Waals surface area contributed by atoms with Gasteiger partial charge in [-0.1, -0.05) is 30.3 Å². The summed E-state index contributed by atoms with van der Waals surface area (Å²) in [6.45, 7) is 7.20. The fourth-order valence-corrected chi connectivity index (χ4v) is 4.16. The number of aromatic nitrogens is 3. The van der Waals surface area contributed by atoms with Gasteiger partial charge in [-0.15, -0.1) is 0 Å². The number of nitrogens with one attached hydrogen (secondary N) is 2. The van der Waals surface area contributed by atoms with E-state index >= 15 is 0 Å². The Morgan fingerprint density at radius 2 is 1.83 bits per heavy atom. The highest BCUT2D eigenvalue weighted by atomic mass is 19.4. The number of hydrogen-bond acceptors (Lipinski definition) is 5. The van der Waals surface area contributed by atoms with Crippen molar-refractivity contribution >= 4 is 17.6 Å². The summed E-state index contributed by atoms with van der Waals surface area (Å²) in [5.74, 6) is -0.767. The van der Waals surface area contributed by atoms with Crippen molar-refractivity contribution in [2.45, 2.75) is 51.9 Å². The number of alkyl halides is 3. The second kappa shape index (κ2) is 8.99. The van der Waals surface area contributed by atoms with Crippen LogP contribution in [-0.4, -0.2) is 56.2 Å². The number of likely N-dealkylation sites (tertiary alicyclic amines) is 1. The summed E-state index contributed by atoms with van der Waals surface area (Å²) in [6, 6.07) is 7.32. The average Bonchev–Trinajstić information content (AvgIpc) is 3.38. The minimum Gasteiger partial charge on any atom is -0.444 e. The van der Waals surface area contributed by atoms with Gasteiger partial charge in [0.2, 0.25) is 0 Å². The number of nitrogens with zero attached hydrogens (tertiary/aromatic N) is 3. The molecule has 0 bridgehead atoms. The molecule has 2 aromatic heterocycles. The number of hydrogen-bond donors (Lipinski definition) is 2. The molecule has 1 fully saturated rings. The van der Waals surface area contributed by atoms with Gasteiger partial charge in [0.05, 0.1) is 5.56 Å². The minimum atomic E-state index is -4.83. The number of ether oxygens (including phenoxy) is 1. The number of aryl methyl sites for hydroxylation is 1. The van der Waals surface area contributed by atoms with Crippen LogP contribution < -0.4 is 10.9 Å². The molecule has 0 spiro atoms. The Bertz CT molecular complexity index is 1370. The molecule has 0 saturated carbocycles. The van der Waals surface area contributed by atoms with E-state index in [1.807, 2.05) is 0 Å². The number of amides is 2. The standard InChI is InChI=1S/C24H26F3N5O4/c1-13-16(20(33)29-15-10-11-31(12-15)22(35)36-23(2,3)4)21(34)32-19(28-13)17(14-8-6-5-7-9-14)18(30-32)24(25,26)27/h5-9,15,28H,10-12H2,1-4H3,(H,29,33)/t15-/m0/s1. The van der Waals surface area contributed by atoms with Gasteiger partial charge in [-0.05, 0) is 39.7 Å². The number of carbonyl (C=O) groups is 2. The topological polar surface area (TPSA) is 109 Å². The van der Waals surface area contributed by atoms with Gasteiger partial charge in [0.25, 0.3) is 11.5 Å². The van der Waals surface area contributed by atoms with Gasteiger partial charge in [-0.25, -0.2) is 4.79 Å². The zero-order chi connectivity index (χ0) is 26.4. The summed E-state index contributed by atoms with van der Waals surface area (Å²) in [4.78, 5) is 42.7. The van der Waals surface area contributed by atoms with Crippen molar-refractivity contribution in [1.82, 2.24) is 24.8 Å². The van der Waals surface area contributed by atoms with Crippen LogP contribution in [0.25, 0.3) is 16.8 Å². The zero-order valence-electron chi connectivity index (χ0n) is 20.2. The van der Waals surface area contributed by atoms with Crippen LogP contribution in [0.4, 0.5) is 18.0 Å². The molecule has 192 valence electrons. The van der Waals surface area contributed by atoms with Gasteiger partial charge in [0.15, 0.2) is 5.69 Å². The summed E-state index contributed by atoms with van der Waals surface area (Å²) in [7, 11) is 0. The maximum Gasteiger partial charge on any atom is 0.435 e. The van der Waals surface area contributed by atoms with Gasteiger partial charge >= 0.3 is 12.3 Å². The molecule has 3 aromatic rings. The Hall–Kier alpha value is -3.83. The highest BCUT2D eigenvalue weighted by Gasteiger charge is 2.40. The average molecular weight is 505 g/mol. The summed E-state index contributed by atoms with van der Waals surface area (Å²) < 4.78 is 47.4. The van der Waals surface area contributed by atoms with E-state index in [2.05, 4.69) is 15.4 Å². The van der Waals surface area contributed by atoms with Gasteiger partial charge in [0, 0.05) is 24.8 Å². The Kier molecular flexibility index (Phi) is 6.31. The van der Waals surface area contributed by atoms with Crippen LogP contribution >= 0.6 is 0 Å². The minimum absolute atomic E-state index is 0.0952. The van der Waals surface area contributed by atoms with Crippen LogP contribution in [-0.2, 0) is 10.9 Å². The summed E-state index contributed by atoms with van der Waals surface area (Å²) >= 11 is 0. The Labute approximate surface area is 204 Å². The fourth-order valence-electron chi connectivity index (χ4n) is 4.16. The second-order valence-corrected chi connectivity index (χ2v) is 9.66. The highest BCUT2D eigenvalue weighted by molar-refractivity contribution is 5.95. The van der Waals surface area contributed by atoms with Crippen LogP contribution in [0.15, 0.2) is 35.1 Å². The SMILES string of the molecule is Cc1[nH]c2c(-c3ccccc3)c(C(F)(F)F)nn2c(=O)c1C(=O)N[C@H]1CCN(C(=O)OC(C)(C)C)C1. The highest BCUT2D eigenvalue weighted by Crippen LogP contribution is 2.38. The first-order valence-electron chi connectivity index (χ1n) is 11.3. The second-order valence-electron chi connectivity index (χ2n) is 9.66. The molecule has 12 heteroatoms. The first-order chi connectivity index (χ1) is 16.8. The van der Waals surface area contributed by atoms with Crippen LogP contribution in [0.1, 0.15) is 48.9 Å². The summed E-state index contributed by atoms with van der Waals surface area (Å²) in [6.07, 6.45) is -4.91. The van der Waals surface area contributed by atoms with E-state index < -0.39 is 41.1 Å². The molecule has 1 atom stereocenters. The van der Waals surface area contributed by atoms with Crippen molar-refractivity contribution in [2.75, 3.05) is 13.1 Å². The summed E-state index contributed by atoms with van der Waals surface area (Å²) in [5.41, 5.74) is -3.36. The van der Waals surface area contributed by atoms with Crippen molar-refractivity contribution in [1.29, 1.82) is 0 Å². The number of aromatic amines is 1. The first-order valence-corrected chi connectivity index (χ1v) is 11.3. The Morgan fingerprint density at radius 1 is 1.17 bits per heavy atom. The smallest absolute Gasteiger partial charge is 0.435 e. The number of carbonyl (C=O) groups excluding carboxylic acids is 2. The largest absolute Gasteiger partial charge is 0.444 e. The third kappa shape index (κ3) is 4.93. The molecule has 2 N–H and O–H groups in total. The molecule has 0 unspecified atom stereocenters. The van der Waals surface area contributed by atoms with Crippen molar-refractivity contribution in [3.05, 3.63) is 57.6 Å². The van der Waals surface area contributed by atoms with E-state index in [9.17, 15) is 27.6 Å². The molecule has 9 nitrogen and oxygen atoms in total. The first kappa shape index (κ1) is 25.3. The van der Waals surface area contributed by atoms with E-state index in [-0.39, 0.29) is 34.6 Å². The van der Waals surface area contributed by atoms with Crippen LogP contribution in [0, 0.1) is 6.92 Å². The van der Waals surface area contributed by atoms with Gasteiger partial charge in [0.1, 0.15) is 16.8 Å². The lowest BCUT2D eigenvalue weighted by atomic mass is 10.1. The van der Waals surface area contributed by atoms with Crippen LogP contribution in [0.5, 0.6) is 0 Å². The Balaban J connectivity index is 1.66. The Morgan fingerprint density at radius 3 is 2.44 bits per heavy atom. The lowest BCUT2D eigenvalue weighted by Crippen LogP contribution is -2.42. The van der Waals surface area contributed by atoms with Crippen molar-refractivity contribution in [3.63, 3.8) is 0 Å². The van der Waals surface area contributed by atoms with Gasteiger partial charge < -0.3 is 19.9 Å². The molecule has 1 aromatic carbocycles. The molecule has 0 aliphatic carbocycles. The lowest BCUT2D eigenvalue weighted by molar-refractivity contribution is -0.140. The van der Waals surface area contributed by atoms with E-state index in [0.29, 0.717) is 17.5 Å². The molecule has 3 heterocycles. The third-order valence-corrected chi connectivity index (χ3v) is 5.71. The van der Waals surface area contributed by atoms with E-state index in [0.717, 1.165) is 0 Å². The monoisotopic (exact) mass is 505 g/mol. The fraction of sp³-hybridized carbons (Fsp3) is 0.417. The molecule has 0 radical (unpaired) electrons. The zero-order valence-corrected chi connectivity index (χ0v) is 20.2. The van der Waals surface area contributed by atoms with E-state index in [4.69, 9.17) is 4.74 Å².